The normalized spacial score (nSPS) is 18.1. The summed E-state index contributed by atoms with van der Waals surface area (Å²) in [6, 6.07) is 13.8. The van der Waals surface area contributed by atoms with E-state index in [0.717, 1.165) is 29.3 Å². The molecule has 5 rings (SSSR count). The van der Waals surface area contributed by atoms with Crippen LogP contribution >= 0.6 is 0 Å². The maximum absolute atomic E-state index is 12.8. The second-order valence-corrected chi connectivity index (χ2v) is 9.57. The molecule has 9 heteroatoms. The summed E-state index contributed by atoms with van der Waals surface area (Å²) < 4.78 is 11.2. The maximum Gasteiger partial charge on any atom is 0.320 e. The van der Waals surface area contributed by atoms with Gasteiger partial charge >= 0.3 is 5.97 Å². The first-order chi connectivity index (χ1) is 18.0. The molecule has 192 valence electrons. The Morgan fingerprint density at radius 2 is 2.05 bits per heavy atom. The van der Waals surface area contributed by atoms with Crippen LogP contribution in [-0.4, -0.2) is 59.1 Å². The zero-order valence-corrected chi connectivity index (χ0v) is 20.9. The van der Waals surface area contributed by atoms with Crippen LogP contribution in [0.5, 0.6) is 5.75 Å². The molecule has 3 aromatic rings. The average molecular weight is 502 g/mol. The number of ether oxygens (including phenoxy) is 2. The fourth-order valence-electron chi connectivity index (χ4n) is 4.25. The Kier molecular flexibility index (Phi) is 7.60. The van der Waals surface area contributed by atoms with E-state index in [1.54, 1.807) is 6.08 Å². The lowest BCUT2D eigenvalue weighted by Crippen LogP contribution is -2.44. The minimum absolute atomic E-state index is 0.154. The SMILES string of the molecule is CC1CN(CC=CC(=O)Nc2cc3c(NCc4ccccc4)ncnc3cc2OCC2CC2)CC(=O)O1. The first kappa shape index (κ1) is 24.7. The number of carbonyl (C=O) groups excluding carboxylic acids is 2. The fourth-order valence-corrected chi connectivity index (χ4v) is 4.25. The van der Waals surface area contributed by atoms with Crippen molar-refractivity contribution in [2.45, 2.75) is 32.4 Å². The molecular formula is C28H31N5O4. The summed E-state index contributed by atoms with van der Waals surface area (Å²) in [5.41, 5.74) is 2.43. The molecule has 1 aliphatic carbocycles. The van der Waals surface area contributed by atoms with Gasteiger partial charge in [-0.1, -0.05) is 36.4 Å². The molecule has 0 radical (unpaired) electrons. The Labute approximate surface area is 215 Å². The highest BCUT2D eigenvalue weighted by atomic mass is 16.5. The van der Waals surface area contributed by atoms with Gasteiger partial charge in [0.05, 0.1) is 24.4 Å². The van der Waals surface area contributed by atoms with Crippen molar-refractivity contribution in [3.05, 3.63) is 66.5 Å². The monoisotopic (exact) mass is 501 g/mol. The van der Waals surface area contributed by atoms with Gasteiger partial charge in [0.15, 0.2) is 0 Å². The van der Waals surface area contributed by atoms with Crippen molar-refractivity contribution in [3.63, 3.8) is 0 Å². The van der Waals surface area contributed by atoms with E-state index in [-0.39, 0.29) is 24.5 Å². The summed E-state index contributed by atoms with van der Waals surface area (Å²) in [4.78, 5) is 35.3. The number of nitrogens with zero attached hydrogens (tertiary/aromatic N) is 3. The molecule has 0 spiro atoms. The molecule has 2 aromatic carbocycles. The van der Waals surface area contributed by atoms with E-state index in [0.29, 0.717) is 49.4 Å². The number of aromatic nitrogens is 2. The third kappa shape index (κ3) is 6.83. The molecule has 0 bridgehead atoms. The number of hydrogen-bond donors (Lipinski definition) is 2. The molecule has 1 aliphatic heterocycles. The van der Waals surface area contributed by atoms with Crippen molar-refractivity contribution >= 4 is 34.3 Å². The molecule has 2 N–H and O–H groups in total. The van der Waals surface area contributed by atoms with Crippen molar-refractivity contribution in [3.8, 4) is 5.75 Å². The number of hydrogen-bond acceptors (Lipinski definition) is 8. The third-order valence-electron chi connectivity index (χ3n) is 6.30. The van der Waals surface area contributed by atoms with Crippen LogP contribution in [0.1, 0.15) is 25.3 Å². The van der Waals surface area contributed by atoms with Crippen LogP contribution in [0.15, 0.2) is 60.9 Å². The van der Waals surface area contributed by atoms with Crippen LogP contribution in [0.4, 0.5) is 11.5 Å². The van der Waals surface area contributed by atoms with E-state index in [4.69, 9.17) is 9.47 Å². The van der Waals surface area contributed by atoms with Gasteiger partial charge in [-0.15, -0.1) is 0 Å². The summed E-state index contributed by atoms with van der Waals surface area (Å²) in [5, 5.41) is 7.13. The molecule has 9 nitrogen and oxygen atoms in total. The smallest absolute Gasteiger partial charge is 0.320 e. The Morgan fingerprint density at radius 1 is 1.22 bits per heavy atom. The average Bonchev–Trinajstić information content (AvgIpc) is 3.71. The highest BCUT2D eigenvalue weighted by molar-refractivity contribution is 6.03. The number of esters is 1. The van der Waals surface area contributed by atoms with Crippen LogP contribution in [0, 0.1) is 5.92 Å². The summed E-state index contributed by atoms with van der Waals surface area (Å²) in [6.07, 6.45) is 6.93. The number of rotatable bonds is 10. The van der Waals surface area contributed by atoms with E-state index >= 15 is 0 Å². The Balaban J connectivity index is 1.32. The number of amides is 1. The standard InChI is InChI=1S/C28H31N5O4/c1-19-15-33(16-27(35)37-19)11-5-8-26(34)32-24-12-22-23(13-25(24)36-17-21-9-10-21)30-18-31-28(22)29-14-20-6-3-2-4-7-20/h2-8,12-13,18-19,21H,9-11,14-17H2,1H3,(H,32,34)(H,29,30,31). The molecule has 2 aliphatic rings. The van der Waals surface area contributed by atoms with Crippen molar-refractivity contribution in [1.29, 1.82) is 0 Å². The molecule has 1 aromatic heterocycles. The van der Waals surface area contributed by atoms with E-state index in [9.17, 15) is 9.59 Å². The maximum atomic E-state index is 12.8. The lowest BCUT2D eigenvalue weighted by atomic mass is 10.1. The van der Waals surface area contributed by atoms with Crippen molar-refractivity contribution in [2.75, 3.05) is 36.9 Å². The number of carbonyl (C=O) groups is 2. The van der Waals surface area contributed by atoms with E-state index < -0.39 is 0 Å². The zero-order valence-electron chi connectivity index (χ0n) is 20.9. The largest absolute Gasteiger partial charge is 0.491 e. The van der Waals surface area contributed by atoms with Gasteiger partial charge in [0.25, 0.3) is 0 Å². The molecule has 37 heavy (non-hydrogen) atoms. The molecule has 1 saturated carbocycles. The van der Waals surface area contributed by atoms with Crippen LogP contribution < -0.4 is 15.4 Å². The predicted octanol–water partition coefficient (Wildman–Crippen LogP) is 3.77. The van der Waals surface area contributed by atoms with Gasteiger partial charge in [0.1, 0.15) is 24.0 Å². The number of nitrogens with one attached hydrogen (secondary N) is 2. The van der Waals surface area contributed by atoms with Gasteiger partial charge in [0, 0.05) is 37.2 Å². The van der Waals surface area contributed by atoms with Crippen molar-refractivity contribution in [2.24, 2.45) is 5.92 Å². The zero-order chi connectivity index (χ0) is 25.6. The number of anilines is 2. The van der Waals surface area contributed by atoms with Crippen LogP contribution in [0.3, 0.4) is 0 Å². The summed E-state index contributed by atoms with van der Waals surface area (Å²) in [7, 11) is 0. The van der Waals surface area contributed by atoms with Gasteiger partial charge in [-0.05, 0) is 37.3 Å². The Morgan fingerprint density at radius 3 is 2.84 bits per heavy atom. The van der Waals surface area contributed by atoms with Crippen LogP contribution in [-0.2, 0) is 20.9 Å². The van der Waals surface area contributed by atoms with Gasteiger partial charge in [-0.2, -0.15) is 0 Å². The summed E-state index contributed by atoms with van der Waals surface area (Å²) in [5.74, 6) is 1.30. The number of benzene rings is 2. The molecule has 2 fully saturated rings. The highest BCUT2D eigenvalue weighted by Gasteiger charge is 2.24. The lowest BCUT2D eigenvalue weighted by Gasteiger charge is -2.29. The highest BCUT2D eigenvalue weighted by Crippen LogP contribution is 2.35. The van der Waals surface area contributed by atoms with Gasteiger partial charge in [-0.3, -0.25) is 14.5 Å². The Hall–Kier alpha value is -3.98. The Bertz CT molecular complexity index is 1290. The van der Waals surface area contributed by atoms with Crippen molar-refractivity contribution < 1.29 is 19.1 Å². The first-order valence-corrected chi connectivity index (χ1v) is 12.6. The molecule has 1 amide bonds. The van der Waals surface area contributed by atoms with Crippen molar-refractivity contribution in [1.82, 2.24) is 14.9 Å². The third-order valence-corrected chi connectivity index (χ3v) is 6.30. The minimum Gasteiger partial charge on any atom is -0.491 e. The topological polar surface area (TPSA) is 106 Å². The fraction of sp³-hybridized carbons (Fsp3) is 0.357. The first-order valence-electron chi connectivity index (χ1n) is 12.6. The second kappa shape index (κ2) is 11.4. The number of fused-ring (bicyclic) bond motifs is 1. The van der Waals surface area contributed by atoms with E-state index in [1.807, 2.05) is 54.3 Å². The van der Waals surface area contributed by atoms with Gasteiger partial charge in [-0.25, -0.2) is 9.97 Å². The van der Waals surface area contributed by atoms with E-state index in [1.165, 1.54) is 12.4 Å². The second-order valence-electron chi connectivity index (χ2n) is 9.57. The lowest BCUT2D eigenvalue weighted by molar-refractivity contribution is -0.156. The molecule has 1 unspecified atom stereocenters. The van der Waals surface area contributed by atoms with Crippen LogP contribution in [0.25, 0.3) is 10.9 Å². The minimum atomic E-state index is -0.279. The number of cyclic esters (lactones) is 1. The van der Waals surface area contributed by atoms with Crippen LogP contribution in [0.2, 0.25) is 0 Å². The van der Waals surface area contributed by atoms with Gasteiger partial charge in [0.2, 0.25) is 5.91 Å². The summed E-state index contributed by atoms with van der Waals surface area (Å²) in [6.45, 7) is 4.42. The molecular weight excluding hydrogens is 470 g/mol. The summed E-state index contributed by atoms with van der Waals surface area (Å²) >= 11 is 0. The molecule has 1 saturated heterocycles. The van der Waals surface area contributed by atoms with Gasteiger partial charge < -0.3 is 20.1 Å². The number of morpholine rings is 1. The quantitative estimate of drug-likeness (QED) is 0.320. The predicted molar refractivity (Wildman–Crippen MR) is 141 cm³/mol. The molecule has 2 heterocycles. The van der Waals surface area contributed by atoms with E-state index in [2.05, 4.69) is 20.6 Å². The molecule has 1 atom stereocenters.